The third kappa shape index (κ3) is 5.42. The topological polar surface area (TPSA) is 78.4 Å². The number of carbonyl (C=O) groups excluding carboxylic acids is 1. The van der Waals surface area contributed by atoms with E-state index in [9.17, 15) is 9.59 Å². The third-order valence-corrected chi connectivity index (χ3v) is 4.65. The Labute approximate surface area is 127 Å². The lowest BCUT2D eigenvalue weighted by Crippen LogP contribution is -2.46. The average molecular weight is 316 g/mol. The summed E-state index contributed by atoms with van der Waals surface area (Å²) < 4.78 is 0. The Bertz CT molecular complexity index is 455. The molecule has 112 valence electrons. The molecule has 0 bridgehead atoms. The number of rotatable bonds is 7. The van der Waals surface area contributed by atoms with Gasteiger partial charge in [-0.3, -0.25) is 0 Å². The average Bonchev–Trinajstić information content (AvgIpc) is 2.71. The van der Waals surface area contributed by atoms with Crippen molar-refractivity contribution in [2.75, 3.05) is 12.0 Å². The highest BCUT2D eigenvalue weighted by molar-refractivity contribution is 7.98. The van der Waals surface area contributed by atoms with Crippen molar-refractivity contribution in [1.82, 2.24) is 10.6 Å². The Morgan fingerprint density at radius 1 is 1.45 bits per heavy atom. The summed E-state index contributed by atoms with van der Waals surface area (Å²) in [5.74, 6) is -0.308. The van der Waals surface area contributed by atoms with Crippen molar-refractivity contribution in [3.63, 3.8) is 0 Å². The zero-order chi connectivity index (χ0) is 15.1. The minimum absolute atomic E-state index is 0.417. The summed E-state index contributed by atoms with van der Waals surface area (Å²) in [5.41, 5.74) is 1.20. The van der Waals surface area contributed by atoms with E-state index in [0.717, 1.165) is 4.88 Å². The maximum absolute atomic E-state index is 11.7. The molecule has 0 saturated carbocycles. The van der Waals surface area contributed by atoms with Gasteiger partial charge in [0.25, 0.3) is 0 Å². The van der Waals surface area contributed by atoms with Crippen LogP contribution >= 0.6 is 23.1 Å². The monoisotopic (exact) mass is 316 g/mol. The number of carboxylic acids is 1. The highest BCUT2D eigenvalue weighted by atomic mass is 32.2. The van der Waals surface area contributed by atoms with Gasteiger partial charge in [-0.05, 0) is 43.9 Å². The van der Waals surface area contributed by atoms with Gasteiger partial charge in [0.05, 0.1) is 6.54 Å². The molecule has 1 atom stereocenters. The highest BCUT2D eigenvalue weighted by Crippen LogP contribution is 2.20. The van der Waals surface area contributed by atoms with Crippen molar-refractivity contribution in [2.45, 2.75) is 32.9 Å². The van der Waals surface area contributed by atoms with E-state index in [-0.39, 0.29) is 0 Å². The first-order chi connectivity index (χ1) is 9.43. The number of carbonyl (C=O) groups is 2. The quantitative estimate of drug-likeness (QED) is 0.721. The molecule has 0 aromatic carbocycles. The van der Waals surface area contributed by atoms with E-state index in [1.165, 1.54) is 10.4 Å². The first-order valence-electron chi connectivity index (χ1n) is 6.26. The number of aryl methyl sites for hydroxylation is 2. The van der Waals surface area contributed by atoms with Crippen LogP contribution in [0.1, 0.15) is 21.7 Å². The zero-order valence-corrected chi connectivity index (χ0v) is 13.5. The van der Waals surface area contributed by atoms with E-state index in [4.69, 9.17) is 5.11 Å². The summed E-state index contributed by atoms with van der Waals surface area (Å²) >= 11 is 3.19. The molecular weight excluding hydrogens is 296 g/mol. The molecule has 2 amide bonds. The fourth-order valence-corrected chi connectivity index (χ4v) is 3.07. The number of thiophene rings is 1. The van der Waals surface area contributed by atoms with Crippen LogP contribution in [0.25, 0.3) is 0 Å². The van der Waals surface area contributed by atoms with Crippen molar-refractivity contribution >= 4 is 35.1 Å². The standard InChI is InChI=1S/C13H20N2O3S2/c1-8-6-10(20-9(8)2)7-14-13(18)15-11(12(16)17)4-5-19-3/h6,11H,4-5,7H2,1-3H3,(H,16,17)(H2,14,15,18)/t11-/m1/s1. The number of hydrogen-bond acceptors (Lipinski definition) is 4. The number of thioether (sulfide) groups is 1. The zero-order valence-electron chi connectivity index (χ0n) is 11.9. The summed E-state index contributed by atoms with van der Waals surface area (Å²) in [5, 5.41) is 14.2. The van der Waals surface area contributed by atoms with E-state index in [2.05, 4.69) is 10.6 Å². The first kappa shape index (κ1) is 16.8. The maximum Gasteiger partial charge on any atom is 0.326 e. The molecule has 0 radical (unpaired) electrons. The molecule has 0 aliphatic carbocycles. The van der Waals surface area contributed by atoms with E-state index in [0.29, 0.717) is 18.7 Å². The molecule has 0 unspecified atom stereocenters. The molecule has 1 aromatic rings. The van der Waals surface area contributed by atoms with Crippen molar-refractivity contribution in [1.29, 1.82) is 0 Å². The summed E-state index contributed by atoms with van der Waals surface area (Å²) in [7, 11) is 0. The summed E-state index contributed by atoms with van der Waals surface area (Å²) in [6.07, 6.45) is 2.32. The second kappa shape index (κ2) is 8.16. The van der Waals surface area contributed by atoms with Crippen LogP contribution in [-0.4, -0.2) is 35.2 Å². The largest absolute Gasteiger partial charge is 0.480 e. The van der Waals surface area contributed by atoms with E-state index >= 15 is 0 Å². The highest BCUT2D eigenvalue weighted by Gasteiger charge is 2.19. The van der Waals surface area contributed by atoms with Gasteiger partial charge in [-0.2, -0.15) is 11.8 Å². The second-order valence-corrected chi connectivity index (χ2v) is 6.78. The van der Waals surface area contributed by atoms with Gasteiger partial charge in [0.2, 0.25) is 0 Å². The summed E-state index contributed by atoms with van der Waals surface area (Å²) in [6, 6.07) is 0.749. The predicted octanol–water partition coefficient (Wildman–Crippen LogP) is 2.37. The molecule has 0 fully saturated rings. The van der Waals surface area contributed by atoms with Gasteiger partial charge in [-0.25, -0.2) is 9.59 Å². The van der Waals surface area contributed by atoms with Gasteiger partial charge >= 0.3 is 12.0 Å². The van der Waals surface area contributed by atoms with Crippen molar-refractivity contribution in [3.05, 3.63) is 21.4 Å². The first-order valence-corrected chi connectivity index (χ1v) is 8.47. The van der Waals surface area contributed by atoms with Crippen LogP contribution in [-0.2, 0) is 11.3 Å². The van der Waals surface area contributed by atoms with Gasteiger partial charge in [-0.1, -0.05) is 0 Å². The number of urea groups is 1. The molecular formula is C13H20N2O3S2. The Morgan fingerprint density at radius 2 is 2.15 bits per heavy atom. The van der Waals surface area contributed by atoms with Gasteiger partial charge in [0, 0.05) is 9.75 Å². The van der Waals surface area contributed by atoms with E-state index in [1.54, 1.807) is 23.1 Å². The van der Waals surface area contributed by atoms with Crippen molar-refractivity contribution in [2.24, 2.45) is 0 Å². The van der Waals surface area contributed by atoms with Crippen LogP contribution < -0.4 is 10.6 Å². The van der Waals surface area contributed by atoms with Crippen LogP contribution in [0, 0.1) is 13.8 Å². The lowest BCUT2D eigenvalue weighted by molar-refractivity contribution is -0.139. The smallest absolute Gasteiger partial charge is 0.326 e. The molecule has 20 heavy (non-hydrogen) atoms. The molecule has 5 nitrogen and oxygen atoms in total. The molecule has 0 saturated heterocycles. The number of aliphatic carboxylic acids is 1. The van der Waals surface area contributed by atoms with Crippen LogP contribution in [0.3, 0.4) is 0 Å². The Balaban J connectivity index is 2.43. The number of carboxylic acid groups (broad SMARTS) is 1. The molecule has 0 spiro atoms. The lowest BCUT2D eigenvalue weighted by Gasteiger charge is -2.14. The minimum atomic E-state index is -1.00. The van der Waals surface area contributed by atoms with Gasteiger partial charge in [0.15, 0.2) is 0 Å². The Kier molecular flexibility index (Phi) is 6.87. The molecule has 7 heteroatoms. The van der Waals surface area contributed by atoms with Crippen LogP contribution in [0.4, 0.5) is 4.79 Å². The molecule has 1 aromatic heterocycles. The van der Waals surface area contributed by atoms with Crippen molar-refractivity contribution in [3.8, 4) is 0 Å². The molecule has 1 rings (SSSR count). The fraction of sp³-hybridized carbons (Fsp3) is 0.538. The molecule has 0 aliphatic rings. The van der Waals surface area contributed by atoms with Crippen LogP contribution in [0.2, 0.25) is 0 Å². The minimum Gasteiger partial charge on any atom is -0.480 e. The fourth-order valence-electron chi connectivity index (χ4n) is 1.61. The second-order valence-electron chi connectivity index (χ2n) is 4.45. The summed E-state index contributed by atoms with van der Waals surface area (Å²) in [6.45, 7) is 4.48. The number of hydrogen-bond donors (Lipinski definition) is 3. The third-order valence-electron chi connectivity index (χ3n) is 2.85. The van der Waals surface area contributed by atoms with Gasteiger partial charge in [0.1, 0.15) is 6.04 Å². The predicted molar refractivity (Wildman–Crippen MR) is 83.6 cm³/mol. The van der Waals surface area contributed by atoms with E-state index < -0.39 is 18.0 Å². The Morgan fingerprint density at radius 3 is 2.65 bits per heavy atom. The van der Waals surface area contributed by atoms with Crippen LogP contribution in [0.5, 0.6) is 0 Å². The maximum atomic E-state index is 11.7. The number of amides is 2. The van der Waals surface area contributed by atoms with Gasteiger partial charge < -0.3 is 15.7 Å². The van der Waals surface area contributed by atoms with E-state index in [1.807, 2.05) is 26.2 Å². The molecule has 3 N–H and O–H groups in total. The SMILES string of the molecule is CSCC[C@@H](NC(=O)NCc1cc(C)c(C)s1)C(=O)O. The van der Waals surface area contributed by atoms with Crippen molar-refractivity contribution < 1.29 is 14.7 Å². The Hall–Kier alpha value is -1.21. The molecule has 0 aliphatic heterocycles. The van der Waals surface area contributed by atoms with Gasteiger partial charge in [-0.15, -0.1) is 11.3 Å². The number of nitrogens with one attached hydrogen (secondary N) is 2. The molecule has 1 heterocycles. The summed E-state index contributed by atoms with van der Waals surface area (Å²) in [4.78, 5) is 25.0. The van der Waals surface area contributed by atoms with Crippen LogP contribution in [0.15, 0.2) is 6.07 Å². The normalized spacial score (nSPS) is 11.9. The lowest BCUT2D eigenvalue weighted by atomic mass is 10.2.